The monoisotopic (exact) mass is 120 g/mol. The Kier molecular flexibility index (Phi) is 0.918. The first-order valence-electron chi connectivity index (χ1n) is 3.16. The Bertz CT molecular complexity index is 235. The van der Waals surface area contributed by atoms with Gasteiger partial charge in [0.15, 0.2) is 0 Å². The van der Waals surface area contributed by atoms with Crippen LogP contribution in [0, 0.1) is 0 Å². The molecule has 46 valence electrons. The van der Waals surface area contributed by atoms with Crippen LogP contribution in [0.4, 0.5) is 0 Å². The Balaban J connectivity index is 2.53. The molecule has 2 rings (SSSR count). The number of aromatic nitrogens is 2. The van der Waals surface area contributed by atoms with Crippen molar-refractivity contribution in [3.05, 3.63) is 23.5 Å². The lowest BCUT2D eigenvalue weighted by atomic mass is 10.1. The Morgan fingerprint density at radius 2 is 2.56 bits per heavy atom. The number of hydrogen-bond acceptors (Lipinski definition) is 1. The largest absolute Gasteiger partial charge is 0.285 e. The van der Waals surface area contributed by atoms with Crippen molar-refractivity contribution in [2.24, 2.45) is 0 Å². The summed E-state index contributed by atoms with van der Waals surface area (Å²) < 4.78 is 0. The van der Waals surface area contributed by atoms with Gasteiger partial charge in [-0.2, -0.15) is 5.10 Å². The van der Waals surface area contributed by atoms with Crippen molar-refractivity contribution in [3.63, 3.8) is 0 Å². The molecule has 1 aromatic heterocycles. The second-order valence-corrected chi connectivity index (χ2v) is 2.23. The Morgan fingerprint density at radius 1 is 1.56 bits per heavy atom. The second kappa shape index (κ2) is 1.72. The van der Waals surface area contributed by atoms with Gasteiger partial charge in [-0.1, -0.05) is 12.2 Å². The molecule has 0 aliphatic heterocycles. The summed E-state index contributed by atoms with van der Waals surface area (Å²) in [5, 5.41) is 6.92. The van der Waals surface area contributed by atoms with Crippen LogP contribution in [0.2, 0.25) is 0 Å². The van der Waals surface area contributed by atoms with Gasteiger partial charge in [-0.25, -0.2) is 0 Å². The summed E-state index contributed by atoms with van der Waals surface area (Å²) in [4.78, 5) is 0. The minimum absolute atomic E-state index is 1.09. The average Bonchev–Trinajstić information content (AvgIpc) is 2.33. The van der Waals surface area contributed by atoms with E-state index in [1.807, 2.05) is 6.20 Å². The van der Waals surface area contributed by atoms with Crippen molar-refractivity contribution < 1.29 is 0 Å². The summed E-state index contributed by atoms with van der Waals surface area (Å²) in [6, 6.07) is 0. The van der Waals surface area contributed by atoms with Crippen LogP contribution in [0.15, 0.2) is 12.3 Å². The van der Waals surface area contributed by atoms with Crippen molar-refractivity contribution in [2.75, 3.05) is 0 Å². The SMILES string of the molecule is C1=Cc2c[nH]nc2CC1. The zero-order valence-corrected chi connectivity index (χ0v) is 5.09. The third kappa shape index (κ3) is 0.669. The topological polar surface area (TPSA) is 28.7 Å². The molecule has 0 bridgehead atoms. The Morgan fingerprint density at radius 3 is 3.44 bits per heavy atom. The highest BCUT2D eigenvalue weighted by atomic mass is 15.1. The van der Waals surface area contributed by atoms with E-state index in [0.29, 0.717) is 0 Å². The molecule has 0 spiro atoms. The van der Waals surface area contributed by atoms with Gasteiger partial charge in [-0.05, 0) is 12.8 Å². The molecular weight excluding hydrogens is 112 g/mol. The van der Waals surface area contributed by atoms with Gasteiger partial charge in [0.2, 0.25) is 0 Å². The molecule has 2 heteroatoms. The summed E-state index contributed by atoms with van der Waals surface area (Å²) >= 11 is 0. The maximum Gasteiger partial charge on any atom is 0.0697 e. The summed E-state index contributed by atoms with van der Waals surface area (Å²) in [6.07, 6.45) is 8.46. The molecule has 1 heterocycles. The standard InChI is InChI=1S/C7H8N2/c1-2-4-7-6(3-1)5-8-9-7/h1,3,5H,2,4H2,(H,8,9). The average molecular weight is 120 g/mol. The fourth-order valence-electron chi connectivity index (χ4n) is 1.10. The molecule has 0 radical (unpaired) electrons. The molecular formula is C7H8N2. The van der Waals surface area contributed by atoms with E-state index < -0.39 is 0 Å². The quantitative estimate of drug-likeness (QED) is 0.550. The predicted octanol–water partition coefficient (Wildman–Crippen LogP) is 1.37. The number of nitrogens with zero attached hydrogens (tertiary/aromatic N) is 1. The molecule has 1 N–H and O–H groups in total. The molecule has 1 aromatic rings. The second-order valence-electron chi connectivity index (χ2n) is 2.23. The van der Waals surface area contributed by atoms with Crippen molar-refractivity contribution in [2.45, 2.75) is 12.8 Å². The van der Waals surface area contributed by atoms with Gasteiger partial charge in [0, 0.05) is 11.8 Å². The normalized spacial score (nSPS) is 15.6. The number of fused-ring (bicyclic) bond motifs is 1. The van der Waals surface area contributed by atoms with Crippen LogP contribution in [-0.4, -0.2) is 10.2 Å². The smallest absolute Gasteiger partial charge is 0.0697 e. The predicted molar refractivity (Wildman–Crippen MR) is 35.9 cm³/mol. The van der Waals surface area contributed by atoms with Gasteiger partial charge in [0.1, 0.15) is 0 Å². The van der Waals surface area contributed by atoms with Gasteiger partial charge in [0.05, 0.1) is 5.69 Å². The zero-order chi connectivity index (χ0) is 6.10. The first kappa shape index (κ1) is 4.79. The van der Waals surface area contributed by atoms with Gasteiger partial charge in [-0.15, -0.1) is 0 Å². The molecule has 0 atom stereocenters. The van der Waals surface area contributed by atoms with E-state index in [1.54, 1.807) is 0 Å². The lowest BCUT2D eigenvalue weighted by Gasteiger charge is -1.99. The highest BCUT2D eigenvalue weighted by Crippen LogP contribution is 2.14. The minimum Gasteiger partial charge on any atom is -0.285 e. The number of hydrogen-bond donors (Lipinski definition) is 1. The highest BCUT2D eigenvalue weighted by Gasteiger charge is 2.04. The summed E-state index contributed by atoms with van der Waals surface area (Å²) in [5.41, 5.74) is 2.46. The van der Waals surface area contributed by atoms with Gasteiger partial charge in [0.25, 0.3) is 0 Å². The molecule has 0 saturated carbocycles. The molecule has 0 amide bonds. The summed E-state index contributed by atoms with van der Waals surface area (Å²) in [6.45, 7) is 0. The van der Waals surface area contributed by atoms with Gasteiger partial charge in [-0.3, -0.25) is 5.10 Å². The number of H-pyrrole nitrogens is 1. The van der Waals surface area contributed by atoms with E-state index in [1.165, 1.54) is 11.3 Å². The van der Waals surface area contributed by atoms with Crippen molar-refractivity contribution >= 4 is 6.08 Å². The van der Waals surface area contributed by atoms with Gasteiger partial charge < -0.3 is 0 Å². The summed E-state index contributed by atoms with van der Waals surface area (Å²) in [7, 11) is 0. The van der Waals surface area contributed by atoms with E-state index in [9.17, 15) is 0 Å². The molecule has 0 unspecified atom stereocenters. The fourth-order valence-corrected chi connectivity index (χ4v) is 1.10. The number of rotatable bonds is 0. The lowest BCUT2D eigenvalue weighted by molar-refractivity contribution is 0.907. The maximum absolute atomic E-state index is 4.08. The lowest BCUT2D eigenvalue weighted by Crippen LogP contribution is -1.90. The number of allylic oxidation sites excluding steroid dienone is 1. The highest BCUT2D eigenvalue weighted by molar-refractivity contribution is 5.52. The van der Waals surface area contributed by atoms with Crippen LogP contribution in [0.5, 0.6) is 0 Å². The summed E-state index contributed by atoms with van der Waals surface area (Å²) in [5.74, 6) is 0. The maximum atomic E-state index is 4.08. The van der Waals surface area contributed by atoms with Crippen LogP contribution < -0.4 is 0 Å². The van der Waals surface area contributed by atoms with E-state index in [0.717, 1.165) is 12.8 Å². The fraction of sp³-hybridized carbons (Fsp3) is 0.286. The van der Waals surface area contributed by atoms with Gasteiger partial charge >= 0.3 is 0 Å². The molecule has 1 aliphatic carbocycles. The molecule has 2 nitrogen and oxygen atoms in total. The van der Waals surface area contributed by atoms with E-state index in [-0.39, 0.29) is 0 Å². The third-order valence-corrected chi connectivity index (χ3v) is 1.60. The van der Waals surface area contributed by atoms with Crippen molar-refractivity contribution in [1.29, 1.82) is 0 Å². The van der Waals surface area contributed by atoms with Crippen LogP contribution in [0.3, 0.4) is 0 Å². The van der Waals surface area contributed by atoms with Crippen LogP contribution in [0.1, 0.15) is 17.7 Å². The Labute approximate surface area is 53.6 Å². The van der Waals surface area contributed by atoms with Crippen molar-refractivity contribution in [1.82, 2.24) is 10.2 Å². The van der Waals surface area contributed by atoms with Crippen LogP contribution in [0.25, 0.3) is 6.08 Å². The van der Waals surface area contributed by atoms with Crippen LogP contribution >= 0.6 is 0 Å². The van der Waals surface area contributed by atoms with E-state index in [4.69, 9.17) is 0 Å². The first-order valence-corrected chi connectivity index (χ1v) is 3.16. The molecule has 0 fully saturated rings. The van der Waals surface area contributed by atoms with E-state index >= 15 is 0 Å². The number of aryl methyl sites for hydroxylation is 1. The number of nitrogens with one attached hydrogen (secondary N) is 1. The molecule has 9 heavy (non-hydrogen) atoms. The minimum atomic E-state index is 1.09. The number of aromatic amines is 1. The molecule has 0 saturated heterocycles. The zero-order valence-electron chi connectivity index (χ0n) is 5.09. The third-order valence-electron chi connectivity index (χ3n) is 1.60. The van der Waals surface area contributed by atoms with E-state index in [2.05, 4.69) is 22.3 Å². The molecule has 0 aromatic carbocycles. The first-order chi connectivity index (χ1) is 4.47. The van der Waals surface area contributed by atoms with Crippen molar-refractivity contribution in [3.8, 4) is 0 Å². The van der Waals surface area contributed by atoms with Crippen LogP contribution in [-0.2, 0) is 6.42 Å². The molecule has 1 aliphatic rings. The Hall–Kier alpha value is -1.05.